The quantitative estimate of drug-likeness (QED) is 0.685. The van der Waals surface area contributed by atoms with Crippen molar-refractivity contribution in [3.8, 4) is 0 Å². The average molecular weight is 203 g/mol. The summed E-state index contributed by atoms with van der Waals surface area (Å²) in [6.45, 7) is 0. The monoisotopic (exact) mass is 203 g/mol. The molecule has 0 aliphatic carbocycles. The highest BCUT2D eigenvalue weighted by atomic mass is 32.2. The van der Waals surface area contributed by atoms with Crippen LogP contribution in [0.15, 0.2) is 12.3 Å². The molecular weight excluding hydrogens is 194 g/mol. The molecular formula is C6H9N3O3S. The van der Waals surface area contributed by atoms with Crippen molar-refractivity contribution in [3.63, 3.8) is 0 Å². The minimum absolute atomic E-state index is 0.383. The number of hydrogen-bond acceptors (Lipinski definition) is 4. The number of aromatic amines is 1. The zero-order valence-electron chi connectivity index (χ0n) is 6.94. The number of hydrogen-bond donors (Lipinski definition) is 2. The second-order valence-corrected chi connectivity index (χ2v) is 4.73. The van der Waals surface area contributed by atoms with Crippen molar-refractivity contribution < 1.29 is 13.2 Å². The summed E-state index contributed by atoms with van der Waals surface area (Å²) in [6, 6.07) is 1.53. The van der Waals surface area contributed by atoms with Gasteiger partial charge in [0.1, 0.15) is 11.6 Å². The number of carbonyl (C=O) groups is 1. The number of aromatic nitrogens is 2. The highest BCUT2D eigenvalue weighted by Gasteiger charge is 2.10. The molecule has 1 aromatic rings. The Balaban J connectivity index is 2.53. The summed E-state index contributed by atoms with van der Waals surface area (Å²) < 4.78 is 21.4. The van der Waals surface area contributed by atoms with Crippen LogP contribution in [0.1, 0.15) is 0 Å². The van der Waals surface area contributed by atoms with E-state index in [1.165, 1.54) is 12.3 Å². The largest absolute Gasteiger partial charge is 0.310 e. The Morgan fingerprint density at radius 1 is 1.69 bits per heavy atom. The Hall–Kier alpha value is -1.37. The van der Waals surface area contributed by atoms with Crippen LogP contribution in [0.2, 0.25) is 0 Å². The van der Waals surface area contributed by atoms with Gasteiger partial charge < -0.3 is 5.32 Å². The summed E-state index contributed by atoms with van der Waals surface area (Å²) in [4.78, 5) is 11.0. The Bertz CT molecular complexity index is 381. The average Bonchev–Trinajstić information content (AvgIpc) is 2.34. The Kier molecular flexibility index (Phi) is 2.66. The van der Waals surface area contributed by atoms with Crippen LogP contribution in [0.3, 0.4) is 0 Å². The normalized spacial score (nSPS) is 11.2. The number of rotatable bonds is 3. The van der Waals surface area contributed by atoms with Gasteiger partial charge in [0, 0.05) is 12.3 Å². The predicted octanol–water partition coefficient (Wildman–Crippen LogP) is -0.607. The first-order valence-corrected chi connectivity index (χ1v) is 5.50. The number of nitrogens with zero attached hydrogens (tertiary/aromatic N) is 1. The number of anilines is 1. The lowest BCUT2D eigenvalue weighted by Gasteiger charge is -1.99. The summed E-state index contributed by atoms with van der Waals surface area (Å²) in [5.41, 5.74) is 0. The standard InChI is InChI=1S/C6H9N3O3S/c1-13(11,12)4-6(10)8-5-2-3-7-9-5/h2-3H,4H2,1H3,(H2,7,8,9,10). The lowest BCUT2D eigenvalue weighted by atomic mass is 10.6. The molecule has 1 rings (SSSR count). The number of H-pyrrole nitrogens is 1. The molecule has 1 aromatic heterocycles. The van der Waals surface area contributed by atoms with Crippen molar-refractivity contribution in [2.75, 3.05) is 17.3 Å². The van der Waals surface area contributed by atoms with E-state index in [-0.39, 0.29) is 0 Å². The maximum absolute atomic E-state index is 11.0. The second kappa shape index (κ2) is 3.56. The van der Waals surface area contributed by atoms with Gasteiger partial charge in [-0.3, -0.25) is 9.89 Å². The summed E-state index contributed by atoms with van der Waals surface area (Å²) in [5, 5.41) is 8.40. The molecule has 0 aromatic carbocycles. The number of amides is 1. The topological polar surface area (TPSA) is 91.9 Å². The molecule has 0 fully saturated rings. The molecule has 72 valence electrons. The number of nitrogens with one attached hydrogen (secondary N) is 2. The van der Waals surface area contributed by atoms with Crippen molar-refractivity contribution in [1.82, 2.24) is 10.2 Å². The van der Waals surface area contributed by atoms with Gasteiger partial charge in [0.25, 0.3) is 0 Å². The van der Waals surface area contributed by atoms with Gasteiger partial charge >= 0.3 is 0 Å². The van der Waals surface area contributed by atoms with Crippen molar-refractivity contribution >= 4 is 21.6 Å². The van der Waals surface area contributed by atoms with Crippen LogP contribution in [0, 0.1) is 0 Å². The van der Waals surface area contributed by atoms with Gasteiger partial charge in [0.15, 0.2) is 9.84 Å². The zero-order chi connectivity index (χ0) is 9.90. The Labute approximate surface area is 75.3 Å². The first kappa shape index (κ1) is 9.72. The molecule has 0 spiro atoms. The molecule has 0 unspecified atom stereocenters. The minimum Gasteiger partial charge on any atom is -0.310 e. The van der Waals surface area contributed by atoms with Crippen molar-refractivity contribution in [3.05, 3.63) is 12.3 Å². The van der Waals surface area contributed by atoms with Gasteiger partial charge in [-0.15, -0.1) is 0 Å². The molecule has 2 N–H and O–H groups in total. The highest BCUT2D eigenvalue weighted by Crippen LogP contribution is 1.98. The van der Waals surface area contributed by atoms with E-state index < -0.39 is 21.5 Å². The van der Waals surface area contributed by atoms with Gasteiger partial charge in [0.05, 0.1) is 6.20 Å². The van der Waals surface area contributed by atoms with Crippen LogP contribution >= 0.6 is 0 Å². The summed E-state index contributed by atoms with van der Waals surface area (Å²) in [7, 11) is -3.27. The molecule has 0 aliphatic rings. The van der Waals surface area contributed by atoms with E-state index in [9.17, 15) is 13.2 Å². The zero-order valence-corrected chi connectivity index (χ0v) is 7.76. The lowest BCUT2D eigenvalue weighted by Crippen LogP contribution is -2.22. The van der Waals surface area contributed by atoms with Crippen LogP contribution in [-0.4, -0.2) is 36.5 Å². The fraction of sp³-hybridized carbons (Fsp3) is 0.333. The van der Waals surface area contributed by atoms with Gasteiger partial charge in [-0.2, -0.15) is 5.10 Å². The molecule has 6 nitrogen and oxygen atoms in total. The fourth-order valence-corrected chi connectivity index (χ4v) is 1.30. The van der Waals surface area contributed by atoms with Gasteiger partial charge in [0.2, 0.25) is 5.91 Å². The van der Waals surface area contributed by atoms with Crippen LogP contribution in [0.4, 0.5) is 5.82 Å². The molecule has 0 aliphatic heterocycles. The van der Waals surface area contributed by atoms with Crippen molar-refractivity contribution in [2.24, 2.45) is 0 Å². The molecule has 0 atom stereocenters. The third-order valence-corrected chi connectivity index (χ3v) is 1.95. The molecule has 0 saturated heterocycles. The molecule has 0 saturated carbocycles. The molecule has 0 radical (unpaired) electrons. The van der Waals surface area contributed by atoms with Crippen LogP contribution in [0.5, 0.6) is 0 Å². The van der Waals surface area contributed by atoms with E-state index in [1.54, 1.807) is 0 Å². The van der Waals surface area contributed by atoms with Crippen LogP contribution in [-0.2, 0) is 14.6 Å². The lowest BCUT2D eigenvalue weighted by molar-refractivity contribution is -0.113. The van der Waals surface area contributed by atoms with E-state index in [1.807, 2.05) is 0 Å². The fourth-order valence-electron chi connectivity index (χ4n) is 0.750. The van der Waals surface area contributed by atoms with Crippen LogP contribution in [0.25, 0.3) is 0 Å². The first-order valence-electron chi connectivity index (χ1n) is 3.44. The van der Waals surface area contributed by atoms with Gasteiger partial charge in [-0.1, -0.05) is 0 Å². The predicted molar refractivity (Wildman–Crippen MR) is 46.9 cm³/mol. The third-order valence-electron chi connectivity index (χ3n) is 1.17. The maximum atomic E-state index is 11.0. The van der Waals surface area contributed by atoms with E-state index in [2.05, 4.69) is 15.5 Å². The SMILES string of the molecule is CS(=O)(=O)CC(=O)Nc1ccn[nH]1. The van der Waals surface area contributed by atoms with E-state index in [0.29, 0.717) is 5.82 Å². The van der Waals surface area contributed by atoms with Gasteiger partial charge in [-0.25, -0.2) is 8.42 Å². The number of sulfone groups is 1. The third kappa shape index (κ3) is 3.70. The van der Waals surface area contributed by atoms with E-state index in [0.717, 1.165) is 6.26 Å². The Morgan fingerprint density at radius 2 is 2.38 bits per heavy atom. The van der Waals surface area contributed by atoms with E-state index >= 15 is 0 Å². The summed E-state index contributed by atoms with van der Waals surface area (Å²) in [6.07, 6.45) is 2.45. The first-order chi connectivity index (χ1) is 5.97. The van der Waals surface area contributed by atoms with Crippen LogP contribution < -0.4 is 5.32 Å². The molecule has 0 bridgehead atoms. The number of carbonyl (C=O) groups excluding carboxylic acids is 1. The Morgan fingerprint density at radius 3 is 2.85 bits per heavy atom. The minimum atomic E-state index is -3.27. The van der Waals surface area contributed by atoms with Crippen molar-refractivity contribution in [1.29, 1.82) is 0 Å². The van der Waals surface area contributed by atoms with Crippen molar-refractivity contribution in [2.45, 2.75) is 0 Å². The maximum Gasteiger partial charge on any atom is 0.240 e. The molecule has 1 heterocycles. The highest BCUT2D eigenvalue weighted by molar-refractivity contribution is 7.91. The second-order valence-electron chi connectivity index (χ2n) is 2.59. The smallest absolute Gasteiger partial charge is 0.240 e. The summed E-state index contributed by atoms with van der Waals surface area (Å²) >= 11 is 0. The molecule has 1 amide bonds. The molecule has 13 heavy (non-hydrogen) atoms. The van der Waals surface area contributed by atoms with Gasteiger partial charge in [-0.05, 0) is 0 Å². The van der Waals surface area contributed by atoms with E-state index in [4.69, 9.17) is 0 Å². The summed E-state index contributed by atoms with van der Waals surface area (Å²) in [5.74, 6) is -0.716. The molecule has 7 heteroatoms.